The van der Waals surface area contributed by atoms with Crippen LogP contribution in [0.15, 0.2) is 72.8 Å². The van der Waals surface area contributed by atoms with Gasteiger partial charge >= 0.3 is 6.03 Å². The maximum Gasteiger partial charge on any atom is 0.330 e. The summed E-state index contributed by atoms with van der Waals surface area (Å²) < 4.78 is 0. The third kappa shape index (κ3) is 4.07. The highest BCUT2D eigenvalue weighted by molar-refractivity contribution is 6.07. The summed E-state index contributed by atoms with van der Waals surface area (Å²) in [5, 5.41) is 3.01. The predicted octanol–water partition coefficient (Wildman–Crippen LogP) is 5.98. The second-order valence-electron chi connectivity index (χ2n) is 6.31. The number of anilines is 3. The maximum absolute atomic E-state index is 13.1. The van der Waals surface area contributed by atoms with Crippen molar-refractivity contribution in [3.8, 4) is 0 Å². The first-order valence-electron chi connectivity index (χ1n) is 8.34. The molecule has 0 radical (unpaired) electrons. The number of hydrogen-bond acceptors (Lipinski definition) is 1. The minimum atomic E-state index is -0.179. The van der Waals surface area contributed by atoms with Gasteiger partial charge < -0.3 is 5.32 Å². The molecule has 0 bridgehead atoms. The van der Waals surface area contributed by atoms with E-state index in [1.807, 2.05) is 93.6 Å². The summed E-state index contributed by atoms with van der Waals surface area (Å²) in [6.07, 6.45) is 0. The van der Waals surface area contributed by atoms with Crippen LogP contribution in [0, 0.1) is 20.8 Å². The molecule has 3 nitrogen and oxygen atoms in total. The van der Waals surface area contributed by atoms with Crippen molar-refractivity contribution in [3.05, 3.63) is 89.5 Å². The molecule has 3 aromatic carbocycles. The number of carbonyl (C=O) groups is 1. The van der Waals surface area contributed by atoms with E-state index >= 15 is 0 Å². The number of carbonyl (C=O) groups excluding carboxylic acids is 1. The Labute approximate surface area is 148 Å². The van der Waals surface area contributed by atoms with E-state index in [9.17, 15) is 4.79 Å². The largest absolute Gasteiger partial charge is 0.330 e. The van der Waals surface area contributed by atoms with Crippen LogP contribution in [0.4, 0.5) is 21.9 Å². The normalized spacial score (nSPS) is 10.4. The lowest BCUT2D eigenvalue weighted by molar-refractivity contribution is 0.259. The molecule has 3 aromatic rings. The minimum absolute atomic E-state index is 0.179. The molecule has 1 N–H and O–H groups in total. The summed E-state index contributed by atoms with van der Waals surface area (Å²) in [4.78, 5) is 14.8. The Balaban J connectivity index is 2.00. The van der Waals surface area contributed by atoms with Gasteiger partial charge in [-0.1, -0.05) is 36.4 Å². The van der Waals surface area contributed by atoms with Gasteiger partial charge in [-0.15, -0.1) is 0 Å². The molecule has 0 saturated carbocycles. The van der Waals surface area contributed by atoms with Crippen LogP contribution in [-0.2, 0) is 0 Å². The van der Waals surface area contributed by atoms with Crippen LogP contribution in [0.3, 0.4) is 0 Å². The lowest BCUT2D eigenvalue weighted by atomic mass is 10.1. The van der Waals surface area contributed by atoms with Crippen molar-refractivity contribution in [3.63, 3.8) is 0 Å². The summed E-state index contributed by atoms with van der Waals surface area (Å²) in [6, 6.07) is 23.5. The second kappa shape index (κ2) is 7.22. The predicted molar refractivity (Wildman–Crippen MR) is 105 cm³/mol. The van der Waals surface area contributed by atoms with Crippen LogP contribution in [0.2, 0.25) is 0 Å². The van der Waals surface area contributed by atoms with Gasteiger partial charge in [0.25, 0.3) is 0 Å². The molecule has 0 atom stereocenters. The number of hydrogen-bond donors (Lipinski definition) is 1. The molecule has 0 aliphatic heterocycles. The number of benzene rings is 3. The number of nitrogens with zero attached hydrogens (tertiary/aromatic N) is 1. The van der Waals surface area contributed by atoms with Crippen LogP contribution in [0.5, 0.6) is 0 Å². The Morgan fingerprint density at radius 2 is 1.20 bits per heavy atom. The fourth-order valence-corrected chi connectivity index (χ4v) is 2.82. The first kappa shape index (κ1) is 16.8. The van der Waals surface area contributed by atoms with Gasteiger partial charge in [0.1, 0.15) is 0 Å². The van der Waals surface area contributed by atoms with E-state index in [-0.39, 0.29) is 6.03 Å². The van der Waals surface area contributed by atoms with Gasteiger partial charge in [0.05, 0.1) is 11.4 Å². The fraction of sp³-hybridized carbons (Fsp3) is 0.136. The summed E-state index contributed by atoms with van der Waals surface area (Å²) in [5.41, 5.74) is 5.80. The molecule has 0 saturated heterocycles. The zero-order valence-electron chi connectivity index (χ0n) is 14.8. The summed E-state index contributed by atoms with van der Waals surface area (Å²) in [5.74, 6) is 0. The number of nitrogens with one attached hydrogen (secondary N) is 1. The third-order valence-electron chi connectivity index (χ3n) is 3.99. The zero-order chi connectivity index (χ0) is 17.8. The molecule has 0 spiro atoms. The van der Waals surface area contributed by atoms with E-state index in [2.05, 4.69) is 5.32 Å². The number of amides is 2. The van der Waals surface area contributed by atoms with Crippen LogP contribution in [0.25, 0.3) is 0 Å². The van der Waals surface area contributed by atoms with Crippen molar-refractivity contribution >= 4 is 23.1 Å². The summed E-state index contributed by atoms with van der Waals surface area (Å²) >= 11 is 0. The van der Waals surface area contributed by atoms with Crippen LogP contribution < -0.4 is 10.2 Å². The maximum atomic E-state index is 13.1. The molecule has 0 heterocycles. The Hall–Kier alpha value is -3.07. The average Bonchev–Trinajstić information content (AvgIpc) is 2.55. The van der Waals surface area contributed by atoms with Crippen molar-refractivity contribution in [1.29, 1.82) is 0 Å². The smallest absolute Gasteiger partial charge is 0.307 e. The minimum Gasteiger partial charge on any atom is -0.307 e. The second-order valence-corrected chi connectivity index (χ2v) is 6.31. The Morgan fingerprint density at radius 3 is 1.68 bits per heavy atom. The van der Waals surface area contributed by atoms with E-state index in [1.54, 1.807) is 4.90 Å². The molecule has 0 unspecified atom stereocenters. The van der Waals surface area contributed by atoms with Gasteiger partial charge in [0, 0.05) is 5.69 Å². The van der Waals surface area contributed by atoms with Crippen LogP contribution in [-0.4, -0.2) is 6.03 Å². The molecule has 2 amide bonds. The SMILES string of the molecule is Cc1cccc(NC(=O)N(c2cccc(C)c2)c2cccc(C)c2)c1. The fourth-order valence-electron chi connectivity index (χ4n) is 2.82. The number of rotatable bonds is 3. The lowest BCUT2D eigenvalue weighted by Gasteiger charge is -2.24. The van der Waals surface area contributed by atoms with E-state index in [4.69, 9.17) is 0 Å². The van der Waals surface area contributed by atoms with Crippen LogP contribution in [0.1, 0.15) is 16.7 Å². The molecule has 0 aliphatic carbocycles. The molecular formula is C22H22N2O. The third-order valence-corrected chi connectivity index (χ3v) is 3.99. The Bertz CT molecular complexity index is 856. The topological polar surface area (TPSA) is 32.3 Å². The highest BCUT2D eigenvalue weighted by Crippen LogP contribution is 2.28. The van der Waals surface area contributed by atoms with E-state index in [0.29, 0.717) is 0 Å². The molecule has 0 aliphatic rings. The summed E-state index contributed by atoms with van der Waals surface area (Å²) in [7, 11) is 0. The van der Waals surface area contributed by atoms with Crippen molar-refractivity contribution in [2.75, 3.05) is 10.2 Å². The Morgan fingerprint density at radius 1 is 0.720 bits per heavy atom. The van der Waals surface area contributed by atoms with Gasteiger partial charge in [0.2, 0.25) is 0 Å². The molecule has 0 fully saturated rings. The monoisotopic (exact) mass is 330 g/mol. The zero-order valence-corrected chi connectivity index (χ0v) is 14.8. The van der Waals surface area contributed by atoms with E-state index in [0.717, 1.165) is 33.8 Å². The average molecular weight is 330 g/mol. The number of urea groups is 1. The highest BCUT2D eigenvalue weighted by Gasteiger charge is 2.18. The quantitative estimate of drug-likeness (QED) is 0.629. The molecule has 0 aromatic heterocycles. The van der Waals surface area contributed by atoms with Gasteiger partial charge in [0.15, 0.2) is 0 Å². The lowest BCUT2D eigenvalue weighted by Crippen LogP contribution is -2.30. The van der Waals surface area contributed by atoms with Crippen molar-refractivity contribution in [2.45, 2.75) is 20.8 Å². The van der Waals surface area contributed by atoms with Crippen LogP contribution >= 0.6 is 0 Å². The molecule has 25 heavy (non-hydrogen) atoms. The molecule has 3 heteroatoms. The molecule has 3 rings (SSSR count). The van der Waals surface area contributed by atoms with Crippen molar-refractivity contribution in [1.82, 2.24) is 0 Å². The van der Waals surface area contributed by atoms with Gasteiger partial charge in [-0.05, 0) is 73.9 Å². The summed E-state index contributed by atoms with van der Waals surface area (Å²) in [6.45, 7) is 6.06. The van der Waals surface area contributed by atoms with Gasteiger partial charge in [-0.25, -0.2) is 4.79 Å². The van der Waals surface area contributed by atoms with E-state index < -0.39 is 0 Å². The highest BCUT2D eigenvalue weighted by atomic mass is 16.2. The van der Waals surface area contributed by atoms with Crippen molar-refractivity contribution < 1.29 is 4.79 Å². The van der Waals surface area contributed by atoms with E-state index in [1.165, 1.54) is 0 Å². The molecule has 126 valence electrons. The van der Waals surface area contributed by atoms with Gasteiger partial charge in [-0.2, -0.15) is 0 Å². The standard InChI is InChI=1S/C22H22N2O/c1-16-7-4-10-19(13-16)23-22(25)24(20-11-5-8-17(2)14-20)21-12-6-9-18(3)15-21/h4-15H,1-3H3,(H,23,25). The first-order valence-corrected chi connectivity index (χ1v) is 8.34. The number of aryl methyl sites for hydroxylation is 3. The van der Waals surface area contributed by atoms with Gasteiger partial charge in [-0.3, -0.25) is 4.90 Å². The first-order chi connectivity index (χ1) is 12.0. The Kier molecular flexibility index (Phi) is 4.85. The molecular weight excluding hydrogens is 308 g/mol. The van der Waals surface area contributed by atoms with Crippen molar-refractivity contribution in [2.24, 2.45) is 0 Å².